The van der Waals surface area contributed by atoms with Crippen LogP contribution in [0.15, 0.2) is 52.9 Å². The number of aromatic nitrogens is 2. The van der Waals surface area contributed by atoms with Crippen molar-refractivity contribution in [1.82, 2.24) is 20.0 Å². The summed E-state index contributed by atoms with van der Waals surface area (Å²) in [5.74, 6) is 2.31. The summed E-state index contributed by atoms with van der Waals surface area (Å²) < 4.78 is 6.00. The van der Waals surface area contributed by atoms with Gasteiger partial charge in [0.15, 0.2) is 11.9 Å². The molecule has 0 unspecified atom stereocenters. The fraction of sp³-hybridized carbons (Fsp3) is 0.385. The number of likely N-dealkylation sites (tertiary alicyclic amines) is 2. The Hall–Kier alpha value is -3.88. The van der Waals surface area contributed by atoms with E-state index in [-0.39, 0.29) is 11.9 Å². The molecule has 2 aromatic carbocycles. The average Bonchev–Trinajstić information content (AvgIpc) is 3.39. The van der Waals surface area contributed by atoms with Crippen LogP contribution in [-0.2, 0) is 0 Å². The largest absolute Gasteiger partial charge is 0.416 e. The molecule has 5 rings (SSSR count). The van der Waals surface area contributed by atoms with Gasteiger partial charge in [-0.05, 0) is 72.9 Å². The van der Waals surface area contributed by atoms with Crippen LogP contribution in [0, 0.1) is 10.8 Å². The molecular formula is C26H32N8O. The minimum absolute atomic E-state index is 0.163. The summed E-state index contributed by atoms with van der Waals surface area (Å²) in [5.41, 5.74) is 15.6. The number of piperidine rings is 2. The van der Waals surface area contributed by atoms with E-state index in [0.29, 0.717) is 23.6 Å². The van der Waals surface area contributed by atoms with Gasteiger partial charge >= 0.3 is 0 Å². The van der Waals surface area contributed by atoms with Gasteiger partial charge in [0.25, 0.3) is 0 Å². The van der Waals surface area contributed by atoms with Gasteiger partial charge in [-0.25, -0.2) is 0 Å². The lowest BCUT2D eigenvalue weighted by Gasteiger charge is -2.32. The number of hydrogen-bond acceptors (Lipinski definition) is 5. The Kier molecular flexibility index (Phi) is 6.39. The summed E-state index contributed by atoms with van der Waals surface area (Å²) in [6, 6.07) is 16.7. The Labute approximate surface area is 205 Å². The van der Waals surface area contributed by atoms with Crippen molar-refractivity contribution in [1.29, 1.82) is 10.8 Å². The van der Waals surface area contributed by atoms with Crippen LogP contribution < -0.4 is 11.5 Å². The van der Waals surface area contributed by atoms with Gasteiger partial charge in [-0.15, -0.1) is 10.2 Å². The van der Waals surface area contributed by atoms with Crippen LogP contribution in [0.25, 0.3) is 22.9 Å². The second-order valence-corrected chi connectivity index (χ2v) is 9.45. The first-order valence-electron chi connectivity index (χ1n) is 12.2. The van der Waals surface area contributed by atoms with Gasteiger partial charge in [-0.2, -0.15) is 0 Å². The third kappa shape index (κ3) is 4.99. The van der Waals surface area contributed by atoms with E-state index in [2.05, 4.69) is 34.5 Å². The topological polar surface area (TPSA) is 145 Å². The smallest absolute Gasteiger partial charge is 0.248 e. The van der Waals surface area contributed by atoms with E-state index in [1.165, 1.54) is 11.1 Å². The Morgan fingerprint density at radius 3 is 1.31 bits per heavy atom. The Morgan fingerprint density at radius 2 is 1.00 bits per heavy atom. The molecule has 2 saturated heterocycles. The number of nitrogens with zero attached hydrogens (tertiary/aromatic N) is 4. The second-order valence-electron chi connectivity index (χ2n) is 9.45. The maximum Gasteiger partial charge on any atom is 0.248 e. The molecule has 9 nitrogen and oxygen atoms in total. The van der Waals surface area contributed by atoms with Crippen molar-refractivity contribution in [2.24, 2.45) is 11.5 Å². The lowest BCUT2D eigenvalue weighted by molar-refractivity contribution is 0.309. The van der Waals surface area contributed by atoms with Gasteiger partial charge in [0.05, 0.1) is 0 Å². The number of nitrogens with one attached hydrogen (secondary N) is 2. The third-order valence-corrected chi connectivity index (χ3v) is 7.35. The van der Waals surface area contributed by atoms with Crippen LogP contribution in [-0.4, -0.2) is 58.1 Å². The fourth-order valence-corrected chi connectivity index (χ4v) is 5.16. The highest BCUT2D eigenvalue weighted by atomic mass is 16.4. The fourth-order valence-electron chi connectivity index (χ4n) is 5.16. The number of guanidine groups is 2. The molecule has 0 bridgehead atoms. The van der Waals surface area contributed by atoms with Gasteiger partial charge in [0.1, 0.15) is 0 Å². The van der Waals surface area contributed by atoms with Crippen LogP contribution in [0.3, 0.4) is 0 Å². The van der Waals surface area contributed by atoms with Gasteiger partial charge in [-0.3, -0.25) is 10.8 Å². The molecular weight excluding hydrogens is 440 g/mol. The zero-order valence-electron chi connectivity index (χ0n) is 19.8. The molecule has 0 saturated carbocycles. The molecule has 9 heteroatoms. The molecule has 0 spiro atoms. The summed E-state index contributed by atoms with van der Waals surface area (Å²) in [6.45, 7) is 3.30. The van der Waals surface area contributed by atoms with Crippen LogP contribution in [0.1, 0.15) is 48.6 Å². The Morgan fingerprint density at radius 1 is 0.657 bits per heavy atom. The number of nitrogens with two attached hydrogens (primary N) is 2. The van der Waals surface area contributed by atoms with Crippen molar-refractivity contribution in [3.8, 4) is 22.9 Å². The number of benzene rings is 2. The van der Waals surface area contributed by atoms with Crippen molar-refractivity contribution >= 4 is 11.9 Å². The van der Waals surface area contributed by atoms with Crippen molar-refractivity contribution in [3.05, 3.63) is 59.7 Å². The molecule has 3 heterocycles. The summed E-state index contributed by atoms with van der Waals surface area (Å²) in [7, 11) is 0. The Balaban J connectivity index is 1.22. The molecule has 0 aliphatic carbocycles. The molecule has 1 aromatic heterocycles. The quantitative estimate of drug-likeness (QED) is 0.335. The zero-order chi connectivity index (χ0) is 24.4. The minimum atomic E-state index is 0.163. The highest BCUT2D eigenvalue weighted by Crippen LogP contribution is 2.32. The van der Waals surface area contributed by atoms with Crippen LogP contribution in [0.4, 0.5) is 0 Å². The monoisotopic (exact) mass is 472 g/mol. The van der Waals surface area contributed by atoms with E-state index in [1.807, 2.05) is 34.1 Å². The predicted molar refractivity (Wildman–Crippen MR) is 136 cm³/mol. The van der Waals surface area contributed by atoms with Crippen LogP contribution in [0.2, 0.25) is 0 Å². The molecule has 35 heavy (non-hydrogen) atoms. The molecule has 0 atom stereocenters. The van der Waals surface area contributed by atoms with Crippen LogP contribution in [0.5, 0.6) is 0 Å². The summed E-state index contributed by atoms with van der Waals surface area (Å²) in [4.78, 5) is 3.85. The summed E-state index contributed by atoms with van der Waals surface area (Å²) in [6.07, 6.45) is 3.98. The first kappa shape index (κ1) is 22.9. The van der Waals surface area contributed by atoms with E-state index in [4.69, 9.17) is 26.7 Å². The van der Waals surface area contributed by atoms with Crippen molar-refractivity contribution in [3.63, 3.8) is 0 Å². The van der Waals surface area contributed by atoms with E-state index in [0.717, 1.165) is 63.0 Å². The highest BCUT2D eigenvalue weighted by molar-refractivity contribution is 5.75. The van der Waals surface area contributed by atoms with Crippen LogP contribution >= 0.6 is 0 Å². The van der Waals surface area contributed by atoms with Gasteiger partial charge in [0.2, 0.25) is 11.8 Å². The third-order valence-electron chi connectivity index (χ3n) is 7.35. The summed E-state index contributed by atoms with van der Waals surface area (Å²) >= 11 is 0. The first-order chi connectivity index (χ1) is 17.0. The number of hydrogen-bond donors (Lipinski definition) is 4. The second kappa shape index (κ2) is 9.77. The van der Waals surface area contributed by atoms with E-state index in [9.17, 15) is 0 Å². The maximum absolute atomic E-state index is 7.59. The predicted octanol–water partition coefficient (Wildman–Crippen LogP) is 3.55. The highest BCUT2D eigenvalue weighted by Gasteiger charge is 2.23. The molecule has 0 radical (unpaired) electrons. The molecule has 182 valence electrons. The molecule has 2 fully saturated rings. The van der Waals surface area contributed by atoms with Crippen molar-refractivity contribution in [2.45, 2.75) is 37.5 Å². The van der Waals surface area contributed by atoms with E-state index in [1.54, 1.807) is 0 Å². The molecule has 6 N–H and O–H groups in total. The number of rotatable bonds is 4. The standard InChI is InChI=1S/C26H32N8O/c27-25(28)33-13-9-19(10-14-33)17-1-5-21(6-2-17)23-31-32-24(35-23)22-7-3-18(4-8-22)20-11-15-34(16-12-20)26(29)30/h1-8,19-20H,9-16H2,(H3,27,28)(H3,29,30). The van der Waals surface area contributed by atoms with Gasteiger partial charge < -0.3 is 25.7 Å². The van der Waals surface area contributed by atoms with Gasteiger partial charge in [-0.1, -0.05) is 24.3 Å². The van der Waals surface area contributed by atoms with E-state index >= 15 is 0 Å². The molecule has 0 amide bonds. The van der Waals surface area contributed by atoms with E-state index < -0.39 is 0 Å². The SMILES string of the molecule is N=C(N)N1CCC(c2ccc(-c3nnc(-c4ccc(C5CCN(C(=N)N)CC5)cc4)o3)cc2)CC1. The normalized spacial score (nSPS) is 17.5. The summed E-state index contributed by atoms with van der Waals surface area (Å²) in [5, 5.41) is 23.7. The molecule has 2 aliphatic heterocycles. The van der Waals surface area contributed by atoms with Crippen molar-refractivity contribution in [2.75, 3.05) is 26.2 Å². The average molecular weight is 473 g/mol. The van der Waals surface area contributed by atoms with Crippen molar-refractivity contribution < 1.29 is 4.42 Å². The zero-order valence-corrected chi connectivity index (χ0v) is 19.8. The lowest BCUT2D eigenvalue weighted by Crippen LogP contribution is -2.41. The lowest BCUT2D eigenvalue weighted by atomic mass is 9.89. The maximum atomic E-state index is 7.59. The Bertz CT molecular complexity index is 1080. The molecule has 3 aromatic rings. The van der Waals surface area contributed by atoms with Gasteiger partial charge in [0, 0.05) is 37.3 Å². The first-order valence-corrected chi connectivity index (χ1v) is 12.2. The molecule has 2 aliphatic rings. The minimum Gasteiger partial charge on any atom is -0.416 e.